The van der Waals surface area contributed by atoms with Gasteiger partial charge in [0.2, 0.25) is 5.91 Å². The molecule has 1 saturated carbocycles. The quantitative estimate of drug-likeness (QED) is 0.531. The molecular weight excluding hydrogens is 388 g/mol. The van der Waals surface area contributed by atoms with Crippen LogP contribution in [0.4, 0.5) is 0 Å². The lowest BCUT2D eigenvalue weighted by Crippen LogP contribution is -2.46. The normalized spacial score (nSPS) is 19.7. The Morgan fingerprint density at radius 1 is 1.19 bits per heavy atom. The number of benzene rings is 1. The smallest absolute Gasteiger partial charge is 0.225 e. The topological polar surface area (TPSA) is 74.6 Å². The molecular formula is C24H34N6O. The van der Waals surface area contributed by atoms with Crippen LogP contribution in [0.15, 0.2) is 47.7 Å². The maximum atomic E-state index is 12.7. The van der Waals surface area contributed by atoms with Crippen LogP contribution in [0.2, 0.25) is 0 Å². The first-order chi connectivity index (χ1) is 15.2. The Hall–Kier alpha value is -2.83. The van der Waals surface area contributed by atoms with Crippen molar-refractivity contribution in [2.45, 2.75) is 51.1 Å². The molecule has 2 aliphatic rings. The molecule has 2 aromatic rings. The van der Waals surface area contributed by atoms with E-state index in [1.807, 2.05) is 23.4 Å². The molecule has 1 unspecified atom stereocenters. The average Bonchev–Trinajstić information content (AvgIpc) is 3.56. The number of nitrogens with one attached hydrogen (secondary N) is 2. The summed E-state index contributed by atoms with van der Waals surface area (Å²) in [6.45, 7) is 3.21. The van der Waals surface area contributed by atoms with E-state index in [1.54, 1.807) is 7.05 Å². The van der Waals surface area contributed by atoms with E-state index in [-0.39, 0.29) is 12.0 Å². The van der Waals surface area contributed by atoms with E-state index in [1.165, 1.54) is 18.4 Å². The highest BCUT2D eigenvalue weighted by Crippen LogP contribution is 2.27. The largest absolute Gasteiger partial charge is 0.356 e. The molecule has 2 heterocycles. The predicted molar refractivity (Wildman–Crippen MR) is 123 cm³/mol. The first-order valence-corrected chi connectivity index (χ1v) is 11.5. The number of hydrogen-bond donors (Lipinski definition) is 2. The van der Waals surface area contributed by atoms with E-state index < -0.39 is 0 Å². The summed E-state index contributed by atoms with van der Waals surface area (Å²) in [7, 11) is 1.79. The second-order valence-corrected chi connectivity index (χ2v) is 8.60. The summed E-state index contributed by atoms with van der Waals surface area (Å²) in [5.74, 6) is 2.47. The van der Waals surface area contributed by atoms with Gasteiger partial charge in [0, 0.05) is 64.0 Å². The van der Waals surface area contributed by atoms with Gasteiger partial charge in [0.15, 0.2) is 5.96 Å². The summed E-state index contributed by atoms with van der Waals surface area (Å²) in [6.07, 6.45) is 10.2. The molecule has 1 aliphatic carbocycles. The van der Waals surface area contributed by atoms with Crippen molar-refractivity contribution in [2.24, 2.45) is 10.9 Å². The lowest BCUT2D eigenvalue weighted by Gasteiger charge is -2.21. The molecule has 1 aromatic carbocycles. The first kappa shape index (κ1) is 21.4. The Morgan fingerprint density at radius 3 is 2.77 bits per heavy atom. The van der Waals surface area contributed by atoms with Gasteiger partial charge in [-0.3, -0.25) is 9.79 Å². The molecule has 0 bridgehead atoms. The molecule has 0 radical (unpaired) electrons. The van der Waals surface area contributed by atoms with Crippen LogP contribution in [-0.4, -0.2) is 59.0 Å². The van der Waals surface area contributed by atoms with E-state index in [0.717, 1.165) is 63.6 Å². The summed E-state index contributed by atoms with van der Waals surface area (Å²) in [4.78, 5) is 23.6. The minimum absolute atomic E-state index is 0.260. The van der Waals surface area contributed by atoms with Crippen LogP contribution in [0.1, 0.15) is 43.5 Å². The molecule has 31 heavy (non-hydrogen) atoms. The van der Waals surface area contributed by atoms with Crippen LogP contribution < -0.4 is 10.6 Å². The SMILES string of the molecule is CN=C(NCCc1nccn1Cc1ccccc1)NC1CCN(C(=O)C2CCCC2)C1. The van der Waals surface area contributed by atoms with Crippen molar-refractivity contribution < 1.29 is 4.79 Å². The highest BCUT2D eigenvalue weighted by molar-refractivity contribution is 5.81. The number of hydrogen-bond acceptors (Lipinski definition) is 3. The van der Waals surface area contributed by atoms with Crippen LogP contribution in [0.25, 0.3) is 0 Å². The van der Waals surface area contributed by atoms with Gasteiger partial charge in [-0.25, -0.2) is 4.98 Å². The number of rotatable bonds is 7. The zero-order valence-electron chi connectivity index (χ0n) is 18.5. The van der Waals surface area contributed by atoms with E-state index in [9.17, 15) is 4.79 Å². The fourth-order valence-corrected chi connectivity index (χ4v) is 4.68. The summed E-state index contributed by atoms with van der Waals surface area (Å²) >= 11 is 0. The highest BCUT2D eigenvalue weighted by atomic mass is 16.2. The Bertz CT molecular complexity index is 871. The van der Waals surface area contributed by atoms with Crippen molar-refractivity contribution in [1.29, 1.82) is 0 Å². The maximum absolute atomic E-state index is 12.7. The van der Waals surface area contributed by atoms with Crippen molar-refractivity contribution in [3.8, 4) is 0 Å². The minimum atomic E-state index is 0.260. The molecule has 1 amide bonds. The zero-order chi connectivity index (χ0) is 21.5. The summed E-state index contributed by atoms with van der Waals surface area (Å²) in [5, 5.41) is 6.90. The van der Waals surface area contributed by atoms with E-state index in [0.29, 0.717) is 5.91 Å². The molecule has 7 nitrogen and oxygen atoms in total. The van der Waals surface area contributed by atoms with E-state index in [2.05, 4.69) is 49.4 Å². The van der Waals surface area contributed by atoms with Gasteiger partial charge in [-0.1, -0.05) is 43.2 Å². The lowest BCUT2D eigenvalue weighted by atomic mass is 10.1. The number of guanidine groups is 1. The molecule has 1 atom stereocenters. The molecule has 1 aromatic heterocycles. The van der Waals surface area contributed by atoms with Gasteiger partial charge in [-0.2, -0.15) is 0 Å². The second-order valence-electron chi connectivity index (χ2n) is 8.60. The van der Waals surface area contributed by atoms with Gasteiger partial charge in [-0.15, -0.1) is 0 Å². The second kappa shape index (κ2) is 10.5. The molecule has 1 aliphatic heterocycles. The highest BCUT2D eigenvalue weighted by Gasteiger charge is 2.32. The zero-order valence-corrected chi connectivity index (χ0v) is 18.5. The molecule has 0 spiro atoms. The van der Waals surface area contributed by atoms with Crippen molar-refractivity contribution in [3.63, 3.8) is 0 Å². The van der Waals surface area contributed by atoms with Gasteiger partial charge >= 0.3 is 0 Å². The van der Waals surface area contributed by atoms with Gasteiger partial charge in [-0.05, 0) is 24.8 Å². The molecule has 2 fully saturated rings. The Morgan fingerprint density at radius 2 is 2.00 bits per heavy atom. The number of carbonyl (C=O) groups excluding carboxylic acids is 1. The van der Waals surface area contributed by atoms with Gasteiger partial charge in [0.25, 0.3) is 0 Å². The van der Waals surface area contributed by atoms with Crippen LogP contribution in [0, 0.1) is 5.92 Å². The minimum Gasteiger partial charge on any atom is -0.356 e. The third-order valence-electron chi connectivity index (χ3n) is 6.41. The molecule has 7 heteroatoms. The van der Waals surface area contributed by atoms with Crippen LogP contribution in [-0.2, 0) is 17.8 Å². The van der Waals surface area contributed by atoms with Crippen LogP contribution >= 0.6 is 0 Å². The van der Waals surface area contributed by atoms with Crippen molar-refractivity contribution in [2.75, 3.05) is 26.7 Å². The third kappa shape index (κ3) is 5.66. The number of carbonyl (C=O) groups is 1. The van der Waals surface area contributed by atoms with Gasteiger partial charge < -0.3 is 20.1 Å². The Kier molecular flexibility index (Phi) is 7.22. The third-order valence-corrected chi connectivity index (χ3v) is 6.41. The Balaban J connectivity index is 1.22. The molecule has 166 valence electrons. The summed E-state index contributed by atoms with van der Waals surface area (Å²) in [6, 6.07) is 10.7. The molecule has 4 rings (SSSR count). The van der Waals surface area contributed by atoms with Crippen LogP contribution in [0.5, 0.6) is 0 Å². The molecule has 1 saturated heterocycles. The van der Waals surface area contributed by atoms with Crippen molar-refractivity contribution in [3.05, 3.63) is 54.1 Å². The van der Waals surface area contributed by atoms with Gasteiger partial charge in [0.1, 0.15) is 5.82 Å². The number of likely N-dealkylation sites (tertiary alicyclic amines) is 1. The van der Waals surface area contributed by atoms with E-state index >= 15 is 0 Å². The number of amides is 1. The lowest BCUT2D eigenvalue weighted by molar-refractivity contribution is -0.134. The van der Waals surface area contributed by atoms with Crippen LogP contribution in [0.3, 0.4) is 0 Å². The monoisotopic (exact) mass is 422 g/mol. The molecule has 2 N–H and O–H groups in total. The predicted octanol–water partition coefficient (Wildman–Crippen LogP) is 2.43. The standard InChI is InChI=1S/C24H34N6O/c1-25-24(28-21-12-15-30(18-21)23(31)20-9-5-6-10-20)27-13-11-22-26-14-16-29(22)17-19-7-3-2-4-8-19/h2-4,7-8,14,16,20-21H,5-6,9-13,15,17-18H2,1H3,(H2,25,27,28). The average molecular weight is 423 g/mol. The fourth-order valence-electron chi connectivity index (χ4n) is 4.68. The number of imidazole rings is 1. The van der Waals surface area contributed by atoms with E-state index in [4.69, 9.17) is 0 Å². The number of nitrogens with zero attached hydrogens (tertiary/aromatic N) is 4. The maximum Gasteiger partial charge on any atom is 0.225 e. The summed E-state index contributed by atoms with van der Waals surface area (Å²) < 4.78 is 2.19. The van der Waals surface area contributed by atoms with Crippen molar-refractivity contribution in [1.82, 2.24) is 25.1 Å². The van der Waals surface area contributed by atoms with Gasteiger partial charge in [0.05, 0.1) is 0 Å². The fraction of sp³-hybridized carbons (Fsp3) is 0.542. The number of aliphatic imine (C=N–C) groups is 1. The number of aromatic nitrogens is 2. The first-order valence-electron chi connectivity index (χ1n) is 11.5. The van der Waals surface area contributed by atoms with Crippen molar-refractivity contribution >= 4 is 11.9 Å². The summed E-state index contributed by atoms with van der Waals surface area (Å²) in [5.41, 5.74) is 1.27. The Labute approximate surface area is 185 Å².